The lowest BCUT2D eigenvalue weighted by atomic mass is 10.1. The molecule has 22 heavy (non-hydrogen) atoms. The lowest BCUT2D eigenvalue weighted by Crippen LogP contribution is -2.35. The van der Waals surface area contributed by atoms with E-state index in [1.807, 2.05) is 31.2 Å². The molecular weight excluding hydrogens is 282 g/mol. The molecule has 5 nitrogen and oxygen atoms in total. The van der Waals surface area contributed by atoms with E-state index in [0.717, 1.165) is 17.7 Å². The van der Waals surface area contributed by atoms with Crippen LogP contribution in [0.2, 0.25) is 0 Å². The van der Waals surface area contributed by atoms with Crippen molar-refractivity contribution in [3.63, 3.8) is 0 Å². The molecule has 0 saturated heterocycles. The number of carbonyl (C=O) groups excluding carboxylic acids is 2. The van der Waals surface area contributed by atoms with Crippen molar-refractivity contribution in [1.29, 1.82) is 0 Å². The van der Waals surface area contributed by atoms with Crippen LogP contribution < -0.4 is 4.74 Å². The van der Waals surface area contributed by atoms with Gasteiger partial charge in [0.1, 0.15) is 5.75 Å². The molecule has 0 radical (unpaired) electrons. The van der Waals surface area contributed by atoms with Crippen LogP contribution in [-0.4, -0.2) is 43.6 Å². The third kappa shape index (κ3) is 6.16. The molecule has 0 spiro atoms. The normalized spacial score (nSPS) is 10.1. The lowest BCUT2D eigenvalue weighted by molar-refractivity contribution is -0.144. The molecule has 0 aromatic heterocycles. The number of rotatable bonds is 9. The molecule has 0 fully saturated rings. The molecule has 0 bridgehead atoms. The van der Waals surface area contributed by atoms with Crippen LogP contribution in [-0.2, 0) is 20.7 Å². The Morgan fingerprint density at radius 3 is 2.32 bits per heavy atom. The number of amides is 1. The van der Waals surface area contributed by atoms with Crippen LogP contribution in [0.15, 0.2) is 24.3 Å². The Labute approximate surface area is 132 Å². The molecule has 0 N–H and O–H groups in total. The third-order valence-corrected chi connectivity index (χ3v) is 3.25. The lowest BCUT2D eigenvalue weighted by Gasteiger charge is -2.22. The summed E-state index contributed by atoms with van der Waals surface area (Å²) in [5, 5.41) is 0. The van der Waals surface area contributed by atoms with Crippen LogP contribution in [0.3, 0.4) is 0 Å². The first-order valence-electron chi connectivity index (χ1n) is 7.67. The maximum Gasteiger partial charge on any atom is 0.307 e. The van der Waals surface area contributed by atoms with Crippen molar-refractivity contribution in [2.24, 2.45) is 0 Å². The Morgan fingerprint density at radius 2 is 1.77 bits per heavy atom. The maximum absolute atomic E-state index is 12.4. The first-order chi connectivity index (χ1) is 10.6. The largest absolute Gasteiger partial charge is 0.497 e. The molecule has 0 aliphatic heterocycles. The number of nitrogens with zero attached hydrogens (tertiary/aromatic N) is 1. The third-order valence-electron chi connectivity index (χ3n) is 3.25. The maximum atomic E-state index is 12.4. The Hall–Kier alpha value is -2.04. The molecule has 0 atom stereocenters. The Bertz CT molecular complexity index is 470. The van der Waals surface area contributed by atoms with E-state index in [2.05, 4.69) is 0 Å². The SMILES string of the molecule is CCCN(CCC(=O)OCC)C(=O)Cc1ccc(OC)cc1. The van der Waals surface area contributed by atoms with Gasteiger partial charge >= 0.3 is 5.97 Å². The molecule has 5 heteroatoms. The second-order valence-corrected chi connectivity index (χ2v) is 4.96. The van der Waals surface area contributed by atoms with Crippen molar-refractivity contribution in [2.75, 3.05) is 26.8 Å². The van der Waals surface area contributed by atoms with Crippen LogP contribution in [0, 0.1) is 0 Å². The molecule has 1 amide bonds. The number of hydrogen-bond donors (Lipinski definition) is 0. The van der Waals surface area contributed by atoms with Crippen LogP contribution in [0.1, 0.15) is 32.3 Å². The van der Waals surface area contributed by atoms with E-state index >= 15 is 0 Å². The highest BCUT2D eigenvalue weighted by Crippen LogP contribution is 2.12. The minimum Gasteiger partial charge on any atom is -0.497 e. The molecule has 122 valence electrons. The average molecular weight is 307 g/mol. The van der Waals surface area contributed by atoms with E-state index in [1.165, 1.54) is 0 Å². The van der Waals surface area contributed by atoms with Gasteiger partial charge in [-0.1, -0.05) is 19.1 Å². The van der Waals surface area contributed by atoms with E-state index < -0.39 is 0 Å². The molecule has 0 saturated carbocycles. The summed E-state index contributed by atoms with van der Waals surface area (Å²) in [5.41, 5.74) is 0.933. The molecule has 1 aromatic rings. The van der Waals surface area contributed by atoms with E-state index in [4.69, 9.17) is 9.47 Å². The monoisotopic (exact) mass is 307 g/mol. The number of ether oxygens (including phenoxy) is 2. The zero-order valence-corrected chi connectivity index (χ0v) is 13.6. The number of methoxy groups -OCH3 is 1. The van der Waals surface area contributed by atoms with Gasteiger partial charge in [-0.2, -0.15) is 0 Å². The minimum absolute atomic E-state index is 0.0244. The molecule has 1 rings (SSSR count). The van der Waals surface area contributed by atoms with Gasteiger partial charge in [0.2, 0.25) is 5.91 Å². The highest BCUT2D eigenvalue weighted by molar-refractivity contribution is 5.79. The van der Waals surface area contributed by atoms with Gasteiger partial charge in [-0.25, -0.2) is 0 Å². The van der Waals surface area contributed by atoms with Crippen molar-refractivity contribution >= 4 is 11.9 Å². The van der Waals surface area contributed by atoms with Crippen molar-refractivity contribution in [3.05, 3.63) is 29.8 Å². The van der Waals surface area contributed by atoms with Crippen molar-refractivity contribution < 1.29 is 19.1 Å². The standard InChI is InChI=1S/C17H25NO4/c1-4-11-18(12-10-17(20)22-5-2)16(19)13-14-6-8-15(21-3)9-7-14/h6-9H,4-5,10-13H2,1-3H3. The summed E-state index contributed by atoms with van der Waals surface area (Å²) >= 11 is 0. The van der Waals surface area contributed by atoms with Gasteiger partial charge in [-0.15, -0.1) is 0 Å². The van der Waals surface area contributed by atoms with E-state index in [1.54, 1.807) is 18.9 Å². The summed E-state index contributed by atoms with van der Waals surface area (Å²) in [6, 6.07) is 7.44. The molecular formula is C17H25NO4. The van der Waals surface area contributed by atoms with E-state index in [0.29, 0.717) is 26.1 Å². The number of carbonyl (C=O) groups is 2. The van der Waals surface area contributed by atoms with Gasteiger partial charge < -0.3 is 14.4 Å². The number of esters is 1. The first kappa shape index (κ1) is 18.0. The van der Waals surface area contributed by atoms with Gasteiger partial charge in [0.05, 0.1) is 26.6 Å². The molecule has 0 aliphatic rings. The number of hydrogen-bond acceptors (Lipinski definition) is 4. The Kier molecular flexibility index (Phi) is 8.04. The van der Waals surface area contributed by atoms with Crippen molar-refractivity contribution in [3.8, 4) is 5.75 Å². The quantitative estimate of drug-likeness (QED) is 0.658. The van der Waals surface area contributed by atoms with Gasteiger partial charge in [-0.05, 0) is 31.0 Å². The van der Waals surface area contributed by atoms with Crippen LogP contribution in [0.25, 0.3) is 0 Å². The van der Waals surface area contributed by atoms with Gasteiger partial charge in [0.25, 0.3) is 0 Å². The summed E-state index contributed by atoms with van der Waals surface area (Å²) in [6.45, 7) is 5.21. The Balaban J connectivity index is 2.57. The Morgan fingerprint density at radius 1 is 1.09 bits per heavy atom. The molecule has 0 heterocycles. The molecule has 0 unspecified atom stereocenters. The summed E-state index contributed by atoms with van der Waals surface area (Å²) < 4.78 is 10.0. The zero-order valence-electron chi connectivity index (χ0n) is 13.6. The smallest absolute Gasteiger partial charge is 0.307 e. The predicted octanol–water partition coefficient (Wildman–Crippen LogP) is 2.43. The summed E-state index contributed by atoms with van der Waals surface area (Å²) in [7, 11) is 1.61. The van der Waals surface area contributed by atoms with Crippen molar-refractivity contribution in [1.82, 2.24) is 4.90 Å². The summed E-state index contributed by atoms with van der Waals surface area (Å²) in [6.07, 6.45) is 1.42. The second kappa shape index (κ2) is 9.82. The highest BCUT2D eigenvalue weighted by Gasteiger charge is 2.15. The van der Waals surface area contributed by atoms with Crippen LogP contribution in [0.4, 0.5) is 0 Å². The van der Waals surface area contributed by atoms with Gasteiger partial charge in [0, 0.05) is 13.1 Å². The summed E-state index contributed by atoms with van der Waals surface area (Å²) in [4.78, 5) is 25.5. The summed E-state index contributed by atoms with van der Waals surface area (Å²) in [5.74, 6) is 0.529. The minimum atomic E-state index is -0.263. The van der Waals surface area contributed by atoms with E-state index in [9.17, 15) is 9.59 Å². The fourth-order valence-electron chi connectivity index (χ4n) is 2.12. The highest BCUT2D eigenvalue weighted by atomic mass is 16.5. The molecule has 0 aliphatic carbocycles. The second-order valence-electron chi connectivity index (χ2n) is 4.96. The average Bonchev–Trinajstić information content (AvgIpc) is 2.52. The topological polar surface area (TPSA) is 55.8 Å². The fraction of sp³-hybridized carbons (Fsp3) is 0.529. The van der Waals surface area contributed by atoms with Gasteiger partial charge in [0.15, 0.2) is 0 Å². The number of benzene rings is 1. The zero-order chi connectivity index (χ0) is 16.4. The predicted molar refractivity (Wildman–Crippen MR) is 84.8 cm³/mol. The van der Waals surface area contributed by atoms with E-state index in [-0.39, 0.29) is 18.3 Å². The fourth-order valence-corrected chi connectivity index (χ4v) is 2.12. The molecule has 1 aromatic carbocycles. The van der Waals surface area contributed by atoms with Crippen LogP contribution >= 0.6 is 0 Å². The van der Waals surface area contributed by atoms with Gasteiger partial charge in [-0.3, -0.25) is 9.59 Å². The van der Waals surface area contributed by atoms with Crippen molar-refractivity contribution in [2.45, 2.75) is 33.1 Å². The van der Waals surface area contributed by atoms with Crippen LogP contribution in [0.5, 0.6) is 5.75 Å². The first-order valence-corrected chi connectivity index (χ1v) is 7.67.